The zero-order chi connectivity index (χ0) is 15.1. The molecular formula is C17H30N2O2. The molecule has 1 amide bonds. The fourth-order valence-corrected chi connectivity index (χ4v) is 3.66. The van der Waals surface area contributed by atoms with Gasteiger partial charge in [-0.2, -0.15) is 0 Å². The highest BCUT2D eigenvalue weighted by atomic mass is 16.3. The fraction of sp³-hybridized carbons (Fsp3) is 0.824. The van der Waals surface area contributed by atoms with Crippen LogP contribution in [0.15, 0.2) is 11.8 Å². The van der Waals surface area contributed by atoms with Gasteiger partial charge in [-0.15, -0.1) is 0 Å². The van der Waals surface area contributed by atoms with E-state index in [1.54, 1.807) is 0 Å². The molecule has 0 aromatic heterocycles. The topological polar surface area (TPSA) is 43.8 Å². The molecule has 0 radical (unpaired) electrons. The average Bonchev–Trinajstić information content (AvgIpc) is 3.02. The molecule has 1 fully saturated rings. The van der Waals surface area contributed by atoms with Crippen molar-refractivity contribution in [3.8, 4) is 0 Å². The number of aliphatic hydroxyl groups excluding tert-OH is 1. The smallest absolute Gasteiger partial charge is 0.240 e. The third kappa shape index (κ3) is 4.55. The van der Waals surface area contributed by atoms with Crippen molar-refractivity contribution in [1.82, 2.24) is 9.80 Å². The Hall–Kier alpha value is -0.870. The molecule has 0 aromatic carbocycles. The zero-order valence-electron chi connectivity index (χ0n) is 13.4. The largest absolute Gasteiger partial charge is 0.395 e. The molecule has 21 heavy (non-hydrogen) atoms. The molecule has 0 aromatic rings. The van der Waals surface area contributed by atoms with Gasteiger partial charge in [-0.1, -0.05) is 25.3 Å². The Balaban J connectivity index is 1.95. The van der Waals surface area contributed by atoms with Crippen molar-refractivity contribution in [3.63, 3.8) is 0 Å². The molecule has 1 saturated carbocycles. The van der Waals surface area contributed by atoms with E-state index in [0.29, 0.717) is 19.1 Å². The normalized spacial score (nSPS) is 19.9. The van der Waals surface area contributed by atoms with Gasteiger partial charge in [0.05, 0.1) is 13.2 Å². The van der Waals surface area contributed by atoms with Gasteiger partial charge in [-0.25, -0.2) is 0 Å². The van der Waals surface area contributed by atoms with Crippen LogP contribution in [-0.2, 0) is 4.79 Å². The minimum atomic E-state index is 0.138. The van der Waals surface area contributed by atoms with Crippen LogP contribution in [0, 0.1) is 0 Å². The summed E-state index contributed by atoms with van der Waals surface area (Å²) in [6, 6.07) is 0.478. The van der Waals surface area contributed by atoms with E-state index in [-0.39, 0.29) is 12.5 Å². The maximum Gasteiger partial charge on any atom is 0.240 e. The standard InChI is InChI=1S/C17H30N2O2/c1-2-19(16-10-6-7-11-16)17(21)14-18(12-13-20)15-8-4-3-5-9-15/h10,15,20H,2-9,11-14H2,1H3. The Kier molecular flexibility index (Phi) is 6.71. The molecule has 0 unspecified atom stereocenters. The summed E-state index contributed by atoms with van der Waals surface area (Å²) in [6.45, 7) is 4.01. The van der Waals surface area contributed by atoms with Gasteiger partial charge in [0.25, 0.3) is 0 Å². The van der Waals surface area contributed by atoms with E-state index in [0.717, 1.165) is 19.4 Å². The van der Waals surface area contributed by atoms with Gasteiger partial charge in [-0.3, -0.25) is 9.69 Å². The first kappa shape index (κ1) is 16.5. The van der Waals surface area contributed by atoms with E-state index in [9.17, 15) is 9.90 Å². The van der Waals surface area contributed by atoms with Crippen LogP contribution in [-0.4, -0.2) is 53.1 Å². The number of rotatable bonds is 7. The van der Waals surface area contributed by atoms with Gasteiger partial charge < -0.3 is 10.0 Å². The Morgan fingerprint density at radius 2 is 2.05 bits per heavy atom. The zero-order valence-corrected chi connectivity index (χ0v) is 13.4. The molecule has 0 saturated heterocycles. The number of amides is 1. The van der Waals surface area contributed by atoms with Gasteiger partial charge in [-0.05, 0) is 39.0 Å². The number of hydrogen-bond acceptors (Lipinski definition) is 3. The molecule has 2 rings (SSSR count). The molecule has 0 bridgehead atoms. The summed E-state index contributed by atoms with van der Waals surface area (Å²) in [5.41, 5.74) is 1.20. The summed E-state index contributed by atoms with van der Waals surface area (Å²) in [5.74, 6) is 0.199. The molecule has 2 aliphatic rings. The van der Waals surface area contributed by atoms with Crippen LogP contribution in [0.5, 0.6) is 0 Å². The summed E-state index contributed by atoms with van der Waals surface area (Å²) in [7, 11) is 0. The van der Waals surface area contributed by atoms with E-state index in [1.165, 1.54) is 44.2 Å². The molecule has 0 spiro atoms. The van der Waals surface area contributed by atoms with Gasteiger partial charge in [0.2, 0.25) is 5.91 Å². The van der Waals surface area contributed by atoms with E-state index in [2.05, 4.69) is 11.0 Å². The van der Waals surface area contributed by atoms with Crippen molar-refractivity contribution in [2.75, 3.05) is 26.2 Å². The van der Waals surface area contributed by atoms with Gasteiger partial charge in [0, 0.05) is 24.8 Å². The van der Waals surface area contributed by atoms with Crippen molar-refractivity contribution < 1.29 is 9.90 Å². The molecule has 1 N–H and O–H groups in total. The third-order valence-corrected chi connectivity index (χ3v) is 4.80. The highest BCUT2D eigenvalue weighted by molar-refractivity contribution is 5.80. The molecule has 2 aliphatic carbocycles. The lowest BCUT2D eigenvalue weighted by molar-refractivity contribution is -0.131. The van der Waals surface area contributed by atoms with Gasteiger partial charge >= 0.3 is 0 Å². The van der Waals surface area contributed by atoms with Crippen LogP contribution in [0.3, 0.4) is 0 Å². The molecule has 0 heterocycles. The first-order valence-electron chi connectivity index (χ1n) is 8.60. The summed E-state index contributed by atoms with van der Waals surface area (Å²) in [5, 5.41) is 9.31. The summed E-state index contributed by atoms with van der Waals surface area (Å²) < 4.78 is 0. The van der Waals surface area contributed by atoms with Crippen molar-refractivity contribution in [2.45, 2.75) is 64.3 Å². The molecule has 4 heteroatoms. The summed E-state index contributed by atoms with van der Waals surface area (Å²) in [6.07, 6.45) is 11.7. The SMILES string of the molecule is CCN(C(=O)CN(CCO)C1CCCCC1)C1=CCCC1. The maximum absolute atomic E-state index is 12.7. The Labute approximate surface area is 128 Å². The van der Waals surface area contributed by atoms with Crippen LogP contribution in [0.4, 0.5) is 0 Å². The molecule has 0 atom stereocenters. The van der Waals surface area contributed by atoms with E-state index in [1.807, 2.05) is 11.8 Å². The van der Waals surface area contributed by atoms with Gasteiger partial charge in [0.15, 0.2) is 0 Å². The van der Waals surface area contributed by atoms with Crippen molar-refractivity contribution in [2.24, 2.45) is 0 Å². The predicted octanol–water partition coefficient (Wildman–Crippen LogP) is 2.53. The highest BCUT2D eigenvalue weighted by Crippen LogP contribution is 2.24. The van der Waals surface area contributed by atoms with Crippen molar-refractivity contribution >= 4 is 5.91 Å². The number of likely N-dealkylation sites (N-methyl/N-ethyl adjacent to an activating group) is 1. The number of carbonyl (C=O) groups is 1. The number of allylic oxidation sites excluding steroid dienone is 2. The van der Waals surface area contributed by atoms with Gasteiger partial charge in [0.1, 0.15) is 0 Å². The van der Waals surface area contributed by atoms with Crippen LogP contribution >= 0.6 is 0 Å². The van der Waals surface area contributed by atoms with Crippen LogP contribution in [0.25, 0.3) is 0 Å². The summed E-state index contributed by atoms with van der Waals surface area (Å²) in [4.78, 5) is 16.8. The average molecular weight is 294 g/mol. The predicted molar refractivity (Wildman–Crippen MR) is 84.9 cm³/mol. The second-order valence-electron chi connectivity index (χ2n) is 6.21. The Morgan fingerprint density at radius 3 is 2.62 bits per heavy atom. The Bertz CT molecular complexity index is 362. The number of carbonyl (C=O) groups excluding carboxylic acids is 1. The number of hydrogen-bond donors (Lipinski definition) is 1. The monoisotopic (exact) mass is 294 g/mol. The van der Waals surface area contributed by atoms with E-state index < -0.39 is 0 Å². The van der Waals surface area contributed by atoms with Crippen LogP contribution in [0.1, 0.15) is 58.3 Å². The van der Waals surface area contributed by atoms with Crippen molar-refractivity contribution in [1.29, 1.82) is 0 Å². The van der Waals surface area contributed by atoms with E-state index >= 15 is 0 Å². The second kappa shape index (κ2) is 8.54. The lowest BCUT2D eigenvalue weighted by Crippen LogP contribution is -2.46. The minimum absolute atomic E-state index is 0.138. The molecule has 120 valence electrons. The second-order valence-corrected chi connectivity index (χ2v) is 6.21. The highest BCUT2D eigenvalue weighted by Gasteiger charge is 2.26. The van der Waals surface area contributed by atoms with Crippen LogP contribution in [0.2, 0.25) is 0 Å². The summed E-state index contributed by atoms with van der Waals surface area (Å²) >= 11 is 0. The third-order valence-electron chi connectivity index (χ3n) is 4.80. The number of aliphatic hydroxyl groups is 1. The van der Waals surface area contributed by atoms with E-state index in [4.69, 9.17) is 0 Å². The van der Waals surface area contributed by atoms with Crippen LogP contribution < -0.4 is 0 Å². The lowest BCUT2D eigenvalue weighted by atomic mass is 9.94. The Morgan fingerprint density at radius 1 is 1.29 bits per heavy atom. The quantitative estimate of drug-likeness (QED) is 0.784. The fourth-order valence-electron chi connectivity index (χ4n) is 3.66. The number of nitrogens with zero attached hydrogens (tertiary/aromatic N) is 2. The first-order valence-corrected chi connectivity index (χ1v) is 8.60. The minimum Gasteiger partial charge on any atom is -0.395 e. The van der Waals surface area contributed by atoms with Crippen molar-refractivity contribution in [3.05, 3.63) is 11.8 Å². The molecular weight excluding hydrogens is 264 g/mol. The lowest BCUT2D eigenvalue weighted by Gasteiger charge is -2.35. The maximum atomic E-state index is 12.7. The molecule has 0 aliphatic heterocycles. The first-order chi connectivity index (χ1) is 10.3. The molecule has 4 nitrogen and oxygen atoms in total.